The van der Waals surface area contributed by atoms with Gasteiger partial charge in [-0.1, -0.05) is 20.8 Å². The molecule has 1 aliphatic rings. The van der Waals surface area contributed by atoms with Crippen molar-refractivity contribution in [3.8, 4) is 5.75 Å². The van der Waals surface area contributed by atoms with Gasteiger partial charge in [0.15, 0.2) is 11.9 Å². The van der Waals surface area contributed by atoms with Crippen LogP contribution in [0.5, 0.6) is 5.75 Å². The molecule has 2 N–H and O–H groups in total. The summed E-state index contributed by atoms with van der Waals surface area (Å²) in [5.74, 6) is -2.08. The van der Waals surface area contributed by atoms with Gasteiger partial charge < -0.3 is 24.8 Å². The van der Waals surface area contributed by atoms with Crippen molar-refractivity contribution in [2.45, 2.75) is 72.8 Å². The summed E-state index contributed by atoms with van der Waals surface area (Å²) in [6.07, 6.45) is -0.241. The average Bonchev–Trinajstić information content (AvgIpc) is 3.30. The predicted molar refractivity (Wildman–Crippen MR) is 159 cm³/mol. The number of aliphatic carboxylic acids is 1. The van der Waals surface area contributed by atoms with Gasteiger partial charge in [0, 0.05) is 28.0 Å². The lowest BCUT2D eigenvalue weighted by Gasteiger charge is -2.29. The van der Waals surface area contributed by atoms with E-state index in [-0.39, 0.29) is 23.4 Å². The Morgan fingerprint density at radius 1 is 1.09 bits per heavy atom. The van der Waals surface area contributed by atoms with E-state index in [9.17, 15) is 32.7 Å². The maximum absolute atomic E-state index is 13.0. The zero-order valence-corrected chi connectivity index (χ0v) is 26.9. The van der Waals surface area contributed by atoms with Crippen molar-refractivity contribution in [1.82, 2.24) is 10.2 Å². The SMILES string of the molecule is CC(C)(C)OC(=O)N1CCc2sc(C(=O)NCC(=O)c3ccc(OC(C(=O)O)C(C)(C)C)c(COS(C)(=O)=O)c3)cc2C1. The van der Waals surface area contributed by atoms with Crippen LogP contribution in [0, 0.1) is 5.41 Å². The quantitative estimate of drug-likeness (QED) is 0.287. The predicted octanol–water partition coefficient (Wildman–Crippen LogP) is 4.01. The number of carboxylic acids is 1. The van der Waals surface area contributed by atoms with Gasteiger partial charge in [0.05, 0.1) is 30.8 Å². The Morgan fingerprint density at radius 2 is 1.77 bits per heavy atom. The first kappa shape index (κ1) is 34.0. The van der Waals surface area contributed by atoms with Gasteiger partial charge in [0.25, 0.3) is 16.0 Å². The molecule has 0 spiro atoms. The Kier molecular flexibility index (Phi) is 10.3. The molecule has 2 heterocycles. The number of carbonyl (C=O) groups is 4. The van der Waals surface area contributed by atoms with E-state index in [0.29, 0.717) is 24.4 Å². The fourth-order valence-electron chi connectivity index (χ4n) is 4.15. The van der Waals surface area contributed by atoms with Crippen molar-refractivity contribution < 1.29 is 46.4 Å². The summed E-state index contributed by atoms with van der Waals surface area (Å²) in [6.45, 7) is 10.4. The number of hydrogen-bond donors (Lipinski definition) is 2. The van der Waals surface area contributed by atoms with Gasteiger partial charge in [0.1, 0.15) is 11.4 Å². The number of hydrogen-bond acceptors (Lipinski definition) is 10. The minimum atomic E-state index is -3.86. The van der Waals surface area contributed by atoms with Gasteiger partial charge in [-0.25, -0.2) is 9.59 Å². The summed E-state index contributed by atoms with van der Waals surface area (Å²) in [5.41, 5.74) is -0.278. The lowest BCUT2D eigenvalue weighted by molar-refractivity contribution is -0.150. The second-order valence-corrected chi connectivity index (χ2v) is 15.1. The number of thiophene rings is 1. The second-order valence-electron chi connectivity index (χ2n) is 12.3. The van der Waals surface area contributed by atoms with Gasteiger partial charge in [-0.05, 0) is 57.0 Å². The normalized spacial score (nSPS) is 14.4. The van der Waals surface area contributed by atoms with Crippen molar-refractivity contribution in [2.24, 2.45) is 5.41 Å². The number of ether oxygens (including phenoxy) is 2. The molecule has 1 aromatic carbocycles. The maximum Gasteiger partial charge on any atom is 0.410 e. The number of fused-ring (bicyclic) bond motifs is 1. The lowest BCUT2D eigenvalue weighted by Crippen LogP contribution is -2.39. The first-order chi connectivity index (χ1) is 19.7. The topological polar surface area (TPSA) is 166 Å². The third kappa shape index (κ3) is 9.76. The minimum Gasteiger partial charge on any atom is -0.478 e. The highest BCUT2D eigenvalue weighted by molar-refractivity contribution is 7.85. The number of nitrogens with one attached hydrogen (secondary N) is 1. The molecule has 2 amide bonds. The van der Waals surface area contributed by atoms with Crippen LogP contribution < -0.4 is 10.1 Å². The van der Waals surface area contributed by atoms with Crippen LogP contribution in [0.4, 0.5) is 4.79 Å². The number of carboxylic acid groups (broad SMARTS) is 1. The fraction of sp³-hybridized carbons (Fsp3) is 0.517. The molecule has 2 aromatic rings. The third-order valence-electron chi connectivity index (χ3n) is 6.22. The maximum atomic E-state index is 13.0. The standard InChI is InChI=1S/C29H38N2O10S2/c1-28(2,3)24(26(34)35)40-21-9-8-17(12-19(21)16-39-43(7,37)38)20(32)14-30-25(33)23-13-18-15-31(11-10-22(18)42-23)27(36)41-29(4,5)6/h8-9,12-13,24H,10-11,14-16H2,1-7H3,(H,30,33)(H,34,35). The van der Waals surface area contributed by atoms with E-state index in [1.54, 1.807) is 52.5 Å². The van der Waals surface area contributed by atoms with Crippen molar-refractivity contribution in [3.63, 3.8) is 0 Å². The van der Waals surface area contributed by atoms with E-state index in [2.05, 4.69) is 5.32 Å². The molecule has 3 rings (SSSR count). The molecule has 43 heavy (non-hydrogen) atoms. The average molecular weight is 639 g/mol. The number of nitrogens with zero attached hydrogens (tertiary/aromatic N) is 1. The highest BCUT2D eigenvalue weighted by Crippen LogP contribution is 2.30. The molecule has 1 atom stereocenters. The van der Waals surface area contributed by atoms with Crippen LogP contribution in [-0.4, -0.2) is 73.2 Å². The van der Waals surface area contributed by atoms with Crippen molar-refractivity contribution in [1.29, 1.82) is 0 Å². The molecule has 12 nitrogen and oxygen atoms in total. The van der Waals surface area contributed by atoms with E-state index >= 15 is 0 Å². The molecule has 0 aliphatic carbocycles. The molecule has 0 saturated heterocycles. The molecule has 0 radical (unpaired) electrons. The van der Waals surface area contributed by atoms with Crippen LogP contribution in [0.15, 0.2) is 24.3 Å². The molecule has 0 saturated carbocycles. The highest BCUT2D eigenvalue weighted by atomic mass is 32.2. The van der Waals surface area contributed by atoms with E-state index < -0.39 is 57.6 Å². The van der Waals surface area contributed by atoms with Crippen LogP contribution in [0.3, 0.4) is 0 Å². The molecule has 1 aliphatic heterocycles. The molecular weight excluding hydrogens is 600 g/mol. The van der Waals surface area contributed by atoms with E-state index in [1.807, 2.05) is 0 Å². The van der Waals surface area contributed by atoms with Gasteiger partial charge in [0.2, 0.25) is 0 Å². The summed E-state index contributed by atoms with van der Waals surface area (Å²) in [6, 6.07) is 5.84. The first-order valence-corrected chi connectivity index (χ1v) is 16.1. The fourth-order valence-corrected chi connectivity index (χ4v) is 5.57. The smallest absolute Gasteiger partial charge is 0.410 e. The molecule has 0 bridgehead atoms. The summed E-state index contributed by atoms with van der Waals surface area (Å²) in [5, 5.41) is 12.3. The first-order valence-electron chi connectivity index (χ1n) is 13.5. The third-order valence-corrected chi connectivity index (χ3v) is 8.00. The van der Waals surface area contributed by atoms with E-state index in [1.165, 1.54) is 29.5 Å². The Morgan fingerprint density at radius 3 is 2.35 bits per heavy atom. The van der Waals surface area contributed by atoms with Crippen LogP contribution in [0.1, 0.15) is 77.6 Å². The molecule has 236 valence electrons. The minimum absolute atomic E-state index is 0.0520. The Labute approximate surface area is 255 Å². The van der Waals surface area contributed by atoms with Crippen molar-refractivity contribution in [3.05, 3.63) is 50.7 Å². The van der Waals surface area contributed by atoms with Crippen LogP contribution in [-0.2, 0) is 43.4 Å². The molecule has 0 fully saturated rings. The number of ketones is 1. The molecule has 1 unspecified atom stereocenters. The Balaban J connectivity index is 1.71. The summed E-state index contributed by atoms with van der Waals surface area (Å²) in [4.78, 5) is 53.1. The second kappa shape index (κ2) is 13.0. The van der Waals surface area contributed by atoms with Gasteiger partial charge in [-0.3, -0.25) is 13.8 Å². The Hall–Kier alpha value is -3.49. The van der Waals surface area contributed by atoms with Crippen LogP contribution >= 0.6 is 11.3 Å². The van der Waals surface area contributed by atoms with Crippen LogP contribution in [0.2, 0.25) is 0 Å². The van der Waals surface area contributed by atoms with Gasteiger partial charge in [-0.15, -0.1) is 11.3 Å². The van der Waals surface area contributed by atoms with Crippen molar-refractivity contribution >= 4 is 45.2 Å². The Bertz CT molecular complexity index is 1500. The summed E-state index contributed by atoms with van der Waals surface area (Å²) >= 11 is 1.30. The largest absolute Gasteiger partial charge is 0.478 e. The zero-order valence-electron chi connectivity index (χ0n) is 25.3. The summed E-state index contributed by atoms with van der Waals surface area (Å²) in [7, 11) is -3.86. The number of rotatable bonds is 10. The van der Waals surface area contributed by atoms with Crippen molar-refractivity contribution in [2.75, 3.05) is 19.3 Å². The van der Waals surface area contributed by atoms with Crippen LogP contribution in [0.25, 0.3) is 0 Å². The molecule has 1 aromatic heterocycles. The number of benzene rings is 1. The highest BCUT2D eigenvalue weighted by Gasteiger charge is 2.34. The van der Waals surface area contributed by atoms with Gasteiger partial charge in [-0.2, -0.15) is 8.42 Å². The van der Waals surface area contributed by atoms with E-state index in [0.717, 1.165) is 16.7 Å². The molecule has 14 heteroatoms. The van der Waals surface area contributed by atoms with E-state index in [4.69, 9.17) is 13.7 Å². The number of amides is 2. The van der Waals surface area contributed by atoms with Gasteiger partial charge >= 0.3 is 12.1 Å². The zero-order chi connectivity index (χ0) is 32.3. The number of Topliss-reactive ketones (excluding diaryl/α,β-unsaturated/α-hetero) is 1. The summed E-state index contributed by atoms with van der Waals surface area (Å²) < 4.78 is 39.3. The lowest BCUT2D eigenvalue weighted by atomic mass is 9.89. The number of carbonyl (C=O) groups excluding carboxylic acids is 3. The molecular formula is C29H38N2O10S2. The monoisotopic (exact) mass is 638 g/mol.